The van der Waals surface area contributed by atoms with Gasteiger partial charge in [0.2, 0.25) is 0 Å². The van der Waals surface area contributed by atoms with Crippen LogP contribution < -0.4 is 0 Å². The maximum Gasteiger partial charge on any atom is 0.313 e. The van der Waals surface area contributed by atoms with E-state index in [9.17, 15) is 4.79 Å². The molecule has 0 aliphatic heterocycles. The maximum absolute atomic E-state index is 11.5. The summed E-state index contributed by atoms with van der Waals surface area (Å²) in [6.45, 7) is 5.06. The summed E-state index contributed by atoms with van der Waals surface area (Å²) < 4.78 is 7.00. The van der Waals surface area contributed by atoms with Crippen LogP contribution in [-0.4, -0.2) is 22.1 Å². The Morgan fingerprint density at radius 3 is 2.82 bits per heavy atom. The standard InChI is InChI=1S/C13H16N2O2/c1-3-15-11-8-6-5-7-10(11)14-12(15)9-13(16)17-4-2/h5-8H,3-4,9H2,1-2H3. The molecule has 1 heterocycles. The highest BCUT2D eigenvalue weighted by Crippen LogP contribution is 2.16. The number of ether oxygens (including phenoxy) is 1. The molecule has 0 N–H and O–H groups in total. The highest BCUT2D eigenvalue weighted by molar-refractivity contribution is 5.78. The number of hydrogen-bond acceptors (Lipinski definition) is 3. The highest BCUT2D eigenvalue weighted by Gasteiger charge is 2.13. The Bertz CT molecular complexity index is 531. The fraction of sp³-hybridized carbons (Fsp3) is 0.385. The molecule has 0 radical (unpaired) electrons. The lowest BCUT2D eigenvalue weighted by Crippen LogP contribution is -2.12. The van der Waals surface area contributed by atoms with E-state index in [-0.39, 0.29) is 12.4 Å². The second kappa shape index (κ2) is 4.99. The van der Waals surface area contributed by atoms with Gasteiger partial charge in [0.1, 0.15) is 12.2 Å². The molecule has 2 rings (SSSR count). The molecule has 0 saturated carbocycles. The van der Waals surface area contributed by atoms with Gasteiger partial charge >= 0.3 is 5.97 Å². The van der Waals surface area contributed by atoms with Crippen LogP contribution >= 0.6 is 0 Å². The second-order valence-electron chi connectivity index (χ2n) is 3.74. The van der Waals surface area contributed by atoms with Crippen molar-refractivity contribution in [3.05, 3.63) is 30.1 Å². The summed E-state index contributed by atoms with van der Waals surface area (Å²) in [5, 5.41) is 0. The SMILES string of the molecule is CCOC(=O)Cc1nc2ccccc2n1CC. The zero-order chi connectivity index (χ0) is 12.3. The van der Waals surface area contributed by atoms with E-state index in [4.69, 9.17) is 4.74 Å². The first-order chi connectivity index (χ1) is 8.26. The number of aryl methyl sites for hydroxylation is 1. The van der Waals surface area contributed by atoms with Crippen molar-refractivity contribution in [3.8, 4) is 0 Å². The van der Waals surface area contributed by atoms with E-state index in [1.165, 1.54) is 0 Å². The van der Waals surface area contributed by atoms with Gasteiger partial charge in [-0.1, -0.05) is 12.1 Å². The van der Waals surface area contributed by atoms with Crippen molar-refractivity contribution in [2.24, 2.45) is 0 Å². The number of esters is 1. The van der Waals surface area contributed by atoms with Gasteiger partial charge in [0.05, 0.1) is 17.6 Å². The molecule has 4 nitrogen and oxygen atoms in total. The topological polar surface area (TPSA) is 44.1 Å². The number of imidazole rings is 1. The van der Waals surface area contributed by atoms with Crippen molar-refractivity contribution >= 4 is 17.0 Å². The molecular formula is C13H16N2O2. The van der Waals surface area contributed by atoms with Gasteiger partial charge in [-0.3, -0.25) is 4.79 Å². The number of carbonyl (C=O) groups is 1. The Hall–Kier alpha value is -1.84. The van der Waals surface area contributed by atoms with E-state index in [0.29, 0.717) is 6.61 Å². The quantitative estimate of drug-likeness (QED) is 0.759. The highest BCUT2D eigenvalue weighted by atomic mass is 16.5. The van der Waals surface area contributed by atoms with Crippen LogP contribution in [-0.2, 0) is 22.5 Å². The normalized spacial score (nSPS) is 10.7. The Morgan fingerprint density at radius 1 is 1.35 bits per heavy atom. The van der Waals surface area contributed by atoms with Crippen molar-refractivity contribution in [1.29, 1.82) is 0 Å². The molecule has 0 unspecified atom stereocenters. The number of rotatable bonds is 4. The minimum absolute atomic E-state index is 0.225. The number of carbonyl (C=O) groups excluding carboxylic acids is 1. The molecule has 0 saturated heterocycles. The summed E-state index contributed by atoms with van der Waals surface area (Å²) in [7, 11) is 0. The fourth-order valence-corrected chi connectivity index (χ4v) is 1.95. The van der Waals surface area contributed by atoms with Gasteiger partial charge in [0, 0.05) is 6.54 Å². The van der Waals surface area contributed by atoms with E-state index in [1.54, 1.807) is 6.92 Å². The van der Waals surface area contributed by atoms with Crippen LogP contribution in [0.2, 0.25) is 0 Å². The predicted molar refractivity (Wildman–Crippen MR) is 65.7 cm³/mol. The molecule has 90 valence electrons. The molecule has 17 heavy (non-hydrogen) atoms. The minimum atomic E-state index is -0.225. The van der Waals surface area contributed by atoms with Crippen LogP contribution in [0.3, 0.4) is 0 Å². The molecule has 1 aromatic carbocycles. The van der Waals surface area contributed by atoms with Crippen molar-refractivity contribution in [3.63, 3.8) is 0 Å². The number of nitrogens with zero attached hydrogens (tertiary/aromatic N) is 2. The van der Waals surface area contributed by atoms with E-state index in [1.807, 2.05) is 35.8 Å². The molecule has 0 bridgehead atoms. The van der Waals surface area contributed by atoms with Gasteiger partial charge < -0.3 is 9.30 Å². The van der Waals surface area contributed by atoms with Crippen LogP contribution in [0.4, 0.5) is 0 Å². The van der Waals surface area contributed by atoms with E-state index in [0.717, 1.165) is 23.4 Å². The van der Waals surface area contributed by atoms with Gasteiger partial charge in [-0.2, -0.15) is 0 Å². The van der Waals surface area contributed by atoms with Crippen LogP contribution in [0.1, 0.15) is 19.7 Å². The number of benzene rings is 1. The van der Waals surface area contributed by atoms with Gasteiger partial charge in [0.15, 0.2) is 0 Å². The maximum atomic E-state index is 11.5. The lowest BCUT2D eigenvalue weighted by molar-refractivity contribution is -0.142. The summed E-state index contributed by atoms with van der Waals surface area (Å²) in [6.07, 6.45) is 0.232. The first kappa shape index (κ1) is 11.6. The van der Waals surface area contributed by atoms with Crippen LogP contribution in [0, 0.1) is 0 Å². The van der Waals surface area contributed by atoms with Crippen LogP contribution in [0.25, 0.3) is 11.0 Å². The first-order valence-electron chi connectivity index (χ1n) is 5.86. The third-order valence-electron chi connectivity index (χ3n) is 2.66. The predicted octanol–water partition coefficient (Wildman–Crippen LogP) is 2.16. The lowest BCUT2D eigenvalue weighted by atomic mass is 10.3. The average Bonchev–Trinajstić information content (AvgIpc) is 2.66. The molecule has 0 amide bonds. The third kappa shape index (κ3) is 2.30. The number of hydrogen-bond donors (Lipinski definition) is 0. The van der Waals surface area contributed by atoms with Gasteiger partial charge in [-0.15, -0.1) is 0 Å². The largest absolute Gasteiger partial charge is 0.466 e. The summed E-state index contributed by atoms with van der Waals surface area (Å²) >= 11 is 0. The number of para-hydroxylation sites is 2. The fourth-order valence-electron chi connectivity index (χ4n) is 1.95. The minimum Gasteiger partial charge on any atom is -0.466 e. The van der Waals surface area contributed by atoms with E-state index < -0.39 is 0 Å². The van der Waals surface area contributed by atoms with Crippen LogP contribution in [0.5, 0.6) is 0 Å². The van der Waals surface area contributed by atoms with Gasteiger partial charge in [-0.25, -0.2) is 4.98 Å². The molecule has 0 aliphatic rings. The zero-order valence-corrected chi connectivity index (χ0v) is 10.1. The average molecular weight is 232 g/mol. The van der Waals surface area contributed by atoms with Crippen molar-refractivity contribution in [2.45, 2.75) is 26.8 Å². The Morgan fingerprint density at radius 2 is 2.12 bits per heavy atom. The molecule has 1 aromatic heterocycles. The third-order valence-corrected chi connectivity index (χ3v) is 2.66. The van der Waals surface area contributed by atoms with Crippen molar-refractivity contribution in [2.75, 3.05) is 6.61 Å². The Labute approximate surface area is 100 Å². The molecule has 2 aromatic rings. The summed E-state index contributed by atoms with van der Waals surface area (Å²) in [5.74, 6) is 0.546. The lowest BCUT2D eigenvalue weighted by Gasteiger charge is -2.05. The first-order valence-corrected chi connectivity index (χ1v) is 5.86. The molecule has 0 fully saturated rings. The van der Waals surface area contributed by atoms with Crippen LogP contribution in [0.15, 0.2) is 24.3 Å². The summed E-state index contributed by atoms with van der Waals surface area (Å²) in [4.78, 5) is 15.9. The Kier molecular flexibility index (Phi) is 3.42. The molecule has 4 heteroatoms. The smallest absolute Gasteiger partial charge is 0.313 e. The molecular weight excluding hydrogens is 216 g/mol. The summed E-state index contributed by atoms with van der Waals surface area (Å²) in [5.41, 5.74) is 1.99. The molecule has 0 atom stereocenters. The van der Waals surface area contributed by atoms with Crippen molar-refractivity contribution < 1.29 is 9.53 Å². The van der Waals surface area contributed by atoms with Gasteiger partial charge in [-0.05, 0) is 26.0 Å². The second-order valence-corrected chi connectivity index (χ2v) is 3.74. The Balaban J connectivity index is 2.36. The molecule has 0 spiro atoms. The van der Waals surface area contributed by atoms with Crippen molar-refractivity contribution in [1.82, 2.24) is 9.55 Å². The van der Waals surface area contributed by atoms with Gasteiger partial charge in [0.25, 0.3) is 0 Å². The monoisotopic (exact) mass is 232 g/mol. The number of aromatic nitrogens is 2. The van der Waals surface area contributed by atoms with E-state index in [2.05, 4.69) is 4.98 Å². The molecule has 0 aliphatic carbocycles. The number of fused-ring (bicyclic) bond motifs is 1. The zero-order valence-electron chi connectivity index (χ0n) is 10.1. The summed E-state index contributed by atoms with van der Waals surface area (Å²) in [6, 6.07) is 7.89. The van der Waals surface area contributed by atoms with E-state index >= 15 is 0 Å².